The number of rotatable bonds is 6. The van der Waals surface area contributed by atoms with Gasteiger partial charge in [0.25, 0.3) is 0 Å². The van der Waals surface area contributed by atoms with Gasteiger partial charge in [-0.05, 0) is 57.3 Å². The first-order chi connectivity index (χ1) is 15.2. The van der Waals surface area contributed by atoms with Crippen molar-refractivity contribution >= 4 is 12.2 Å². The summed E-state index contributed by atoms with van der Waals surface area (Å²) in [6.07, 6.45) is 5.74. The molecule has 0 aliphatic heterocycles. The molecule has 4 aromatic carbocycles. The lowest BCUT2D eigenvalue weighted by molar-refractivity contribution is 0.520. The van der Waals surface area contributed by atoms with Crippen molar-refractivity contribution in [2.75, 3.05) is 0 Å². The molecule has 1 aliphatic carbocycles. The Morgan fingerprint density at radius 2 is 1.13 bits per heavy atom. The predicted molar refractivity (Wildman–Crippen MR) is 133 cm³/mol. The molecule has 0 heterocycles. The van der Waals surface area contributed by atoms with E-state index in [1.165, 1.54) is 38.9 Å². The van der Waals surface area contributed by atoms with Gasteiger partial charge < -0.3 is 0 Å². The maximum atomic E-state index is 3.97. The molecule has 0 amide bonds. The van der Waals surface area contributed by atoms with E-state index in [2.05, 4.69) is 110 Å². The van der Waals surface area contributed by atoms with E-state index in [1.807, 2.05) is 12.2 Å². The highest BCUT2D eigenvalue weighted by Gasteiger charge is 2.42. The van der Waals surface area contributed by atoms with Crippen LogP contribution in [0.1, 0.15) is 33.4 Å². The van der Waals surface area contributed by atoms with E-state index < -0.39 is 0 Å². The standard InChI is InChI=1S/C31H26/c1-3-23-16-18-25(19-17-23)21-31(22-26-11-9-10-24(4-2)20-26)29-14-7-5-12-27(29)28-13-6-8-15-30(28)31/h3-20H,1-2,21-22H2. The van der Waals surface area contributed by atoms with Gasteiger partial charge in [-0.1, -0.05) is 122 Å². The third kappa shape index (κ3) is 3.35. The van der Waals surface area contributed by atoms with Gasteiger partial charge in [0.2, 0.25) is 0 Å². The summed E-state index contributed by atoms with van der Waals surface area (Å²) in [5.74, 6) is 0. The van der Waals surface area contributed by atoms with Gasteiger partial charge in [-0.2, -0.15) is 0 Å². The summed E-state index contributed by atoms with van der Waals surface area (Å²) in [6, 6.07) is 35.5. The Morgan fingerprint density at radius 3 is 1.74 bits per heavy atom. The summed E-state index contributed by atoms with van der Waals surface area (Å²) in [5, 5.41) is 0. The minimum Gasteiger partial charge on any atom is -0.0985 e. The van der Waals surface area contributed by atoms with Crippen molar-refractivity contribution in [2.45, 2.75) is 18.3 Å². The largest absolute Gasteiger partial charge is 0.0985 e. The molecule has 0 nitrogen and oxygen atoms in total. The molecular weight excluding hydrogens is 372 g/mol. The zero-order valence-electron chi connectivity index (χ0n) is 17.7. The molecule has 0 N–H and O–H groups in total. The van der Waals surface area contributed by atoms with Crippen LogP contribution in [0.4, 0.5) is 0 Å². The average molecular weight is 399 g/mol. The minimum atomic E-state index is -0.108. The van der Waals surface area contributed by atoms with E-state index in [0.29, 0.717) is 0 Å². The van der Waals surface area contributed by atoms with E-state index in [-0.39, 0.29) is 5.41 Å². The fourth-order valence-electron chi connectivity index (χ4n) is 5.16. The number of hydrogen-bond acceptors (Lipinski definition) is 0. The Bertz CT molecular complexity index is 1210. The van der Waals surface area contributed by atoms with Crippen LogP contribution in [0.3, 0.4) is 0 Å². The number of benzene rings is 4. The second kappa shape index (κ2) is 7.89. The van der Waals surface area contributed by atoms with Gasteiger partial charge in [0, 0.05) is 5.41 Å². The molecule has 4 aromatic rings. The van der Waals surface area contributed by atoms with Gasteiger partial charge in [-0.15, -0.1) is 0 Å². The summed E-state index contributed by atoms with van der Waals surface area (Å²) >= 11 is 0. The Balaban J connectivity index is 1.70. The second-order valence-electron chi connectivity index (χ2n) is 8.42. The van der Waals surface area contributed by atoms with Crippen LogP contribution in [-0.4, -0.2) is 0 Å². The molecule has 0 bridgehead atoms. The molecule has 150 valence electrons. The molecule has 0 radical (unpaired) electrons. The van der Waals surface area contributed by atoms with Crippen LogP contribution in [-0.2, 0) is 18.3 Å². The molecule has 0 unspecified atom stereocenters. The fourth-order valence-corrected chi connectivity index (χ4v) is 5.16. The van der Waals surface area contributed by atoms with Crippen molar-refractivity contribution in [3.05, 3.63) is 144 Å². The predicted octanol–water partition coefficient (Wildman–Crippen LogP) is 7.72. The summed E-state index contributed by atoms with van der Waals surface area (Å²) in [6.45, 7) is 7.87. The SMILES string of the molecule is C=Cc1ccc(CC2(Cc3cccc(C=C)c3)c3ccccc3-c3ccccc32)cc1. The van der Waals surface area contributed by atoms with Crippen LogP contribution in [0.5, 0.6) is 0 Å². The Kier molecular flexibility index (Phi) is 4.92. The summed E-state index contributed by atoms with van der Waals surface area (Å²) < 4.78 is 0. The lowest BCUT2D eigenvalue weighted by atomic mass is 9.69. The van der Waals surface area contributed by atoms with E-state index in [1.54, 1.807) is 0 Å². The molecule has 31 heavy (non-hydrogen) atoms. The van der Waals surface area contributed by atoms with Crippen molar-refractivity contribution in [1.82, 2.24) is 0 Å². The molecule has 0 aromatic heterocycles. The summed E-state index contributed by atoms with van der Waals surface area (Å²) in [5.41, 5.74) is 10.5. The molecular formula is C31H26. The third-order valence-corrected chi connectivity index (χ3v) is 6.59. The van der Waals surface area contributed by atoms with E-state index in [4.69, 9.17) is 0 Å². The van der Waals surface area contributed by atoms with E-state index >= 15 is 0 Å². The highest BCUT2D eigenvalue weighted by molar-refractivity contribution is 5.81. The highest BCUT2D eigenvalue weighted by Crippen LogP contribution is 2.52. The molecule has 0 saturated heterocycles. The Labute approximate surface area is 185 Å². The van der Waals surface area contributed by atoms with E-state index in [9.17, 15) is 0 Å². The quantitative estimate of drug-likeness (QED) is 0.312. The minimum absolute atomic E-state index is 0.108. The van der Waals surface area contributed by atoms with Crippen molar-refractivity contribution < 1.29 is 0 Å². The van der Waals surface area contributed by atoms with Crippen LogP contribution < -0.4 is 0 Å². The van der Waals surface area contributed by atoms with Gasteiger partial charge in [0.15, 0.2) is 0 Å². The van der Waals surface area contributed by atoms with Crippen molar-refractivity contribution in [3.63, 3.8) is 0 Å². The lowest BCUT2D eigenvalue weighted by Crippen LogP contribution is -2.31. The molecule has 1 aliphatic rings. The topological polar surface area (TPSA) is 0 Å². The van der Waals surface area contributed by atoms with Crippen LogP contribution >= 0.6 is 0 Å². The molecule has 0 spiro atoms. The van der Waals surface area contributed by atoms with Crippen LogP contribution in [0.25, 0.3) is 23.3 Å². The molecule has 0 atom stereocenters. The van der Waals surface area contributed by atoms with Gasteiger partial charge >= 0.3 is 0 Å². The monoisotopic (exact) mass is 398 g/mol. The Hall–Kier alpha value is -3.64. The van der Waals surface area contributed by atoms with Gasteiger partial charge in [-0.25, -0.2) is 0 Å². The van der Waals surface area contributed by atoms with Crippen molar-refractivity contribution in [3.8, 4) is 11.1 Å². The maximum absolute atomic E-state index is 3.97. The molecule has 5 rings (SSSR count). The second-order valence-corrected chi connectivity index (χ2v) is 8.42. The summed E-state index contributed by atoms with van der Waals surface area (Å²) in [7, 11) is 0. The van der Waals surface area contributed by atoms with Crippen LogP contribution in [0.15, 0.2) is 110 Å². The highest BCUT2D eigenvalue weighted by atomic mass is 14.4. The zero-order chi connectivity index (χ0) is 21.3. The zero-order valence-corrected chi connectivity index (χ0v) is 17.7. The van der Waals surface area contributed by atoms with E-state index in [0.717, 1.165) is 18.4 Å². The number of fused-ring (bicyclic) bond motifs is 3. The van der Waals surface area contributed by atoms with Crippen molar-refractivity contribution in [1.29, 1.82) is 0 Å². The first-order valence-electron chi connectivity index (χ1n) is 10.9. The first kappa shape index (κ1) is 19.3. The normalized spacial score (nSPS) is 13.3. The lowest BCUT2D eigenvalue weighted by Gasteiger charge is -2.33. The number of hydrogen-bond donors (Lipinski definition) is 0. The maximum Gasteiger partial charge on any atom is 0.0295 e. The third-order valence-electron chi connectivity index (χ3n) is 6.59. The van der Waals surface area contributed by atoms with Crippen molar-refractivity contribution in [2.24, 2.45) is 0 Å². The van der Waals surface area contributed by atoms with Crippen LogP contribution in [0.2, 0.25) is 0 Å². The van der Waals surface area contributed by atoms with Gasteiger partial charge in [0.05, 0.1) is 0 Å². The smallest absolute Gasteiger partial charge is 0.0295 e. The average Bonchev–Trinajstić information content (AvgIpc) is 3.10. The summed E-state index contributed by atoms with van der Waals surface area (Å²) in [4.78, 5) is 0. The molecule has 0 heteroatoms. The van der Waals surface area contributed by atoms with Gasteiger partial charge in [0.1, 0.15) is 0 Å². The van der Waals surface area contributed by atoms with Crippen LogP contribution in [0, 0.1) is 0 Å². The van der Waals surface area contributed by atoms with Gasteiger partial charge in [-0.3, -0.25) is 0 Å². The fraction of sp³-hybridized carbons (Fsp3) is 0.0968. The molecule has 0 fully saturated rings. The first-order valence-corrected chi connectivity index (χ1v) is 10.9. The Morgan fingerprint density at radius 1 is 0.548 bits per heavy atom. The molecule has 0 saturated carbocycles.